The molecule has 2 heterocycles. The van der Waals surface area contributed by atoms with Crippen molar-refractivity contribution in [3.05, 3.63) is 95.1 Å². The molecule has 0 bridgehead atoms. The van der Waals surface area contributed by atoms with Crippen LogP contribution in [0.15, 0.2) is 72.8 Å². The van der Waals surface area contributed by atoms with Crippen LogP contribution in [0.1, 0.15) is 73.2 Å². The molecule has 9 heteroatoms. The maximum Gasteiger partial charge on any atom is 0.272 e. The number of nitrogens with one attached hydrogen (secondary N) is 1. The maximum absolute atomic E-state index is 12.0. The summed E-state index contributed by atoms with van der Waals surface area (Å²) in [6.45, 7) is 3.35. The van der Waals surface area contributed by atoms with Crippen molar-refractivity contribution in [2.45, 2.75) is 74.0 Å². The Hall–Kier alpha value is -2.16. The average molecular weight is 646 g/mol. The lowest BCUT2D eigenvalue weighted by Gasteiger charge is -2.39. The summed E-state index contributed by atoms with van der Waals surface area (Å²) in [5, 5.41) is 12.2. The van der Waals surface area contributed by atoms with Crippen LogP contribution in [-0.2, 0) is 27.4 Å². The Morgan fingerprint density at radius 3 is 2.21 bits per heavy atom. The topological polar surface area (TPSA) is 71.0 Å². The first-order chi connectivity index (χ1) is 20.8. The molecule has 2 aliphatic rings. The highest BCUT2D eigenvalue weighted by molar-refractivity contribution is 6.76. The highest BCUT2D eigenvalue weighted by atomic mass is 35.6. The third kappa shape index (κ3) is 9.18. The number of aliphatic hydroxyl groups is 1. The molecule has 0 spiro atoms. The van der Waals surface area contributed by atoms with Crippen molar-refractivity contribution in [3.63, 3.8) is 0 Å². The second-order valence-corrected chi connectivity index (χ2v) is 13.7. The third-order valence-electron chi connectivity index (χ3n) is 8.16. The van der Waals surface area contributed by atoms with Crippen molar-refractivity contribution in [1.29, 1.82) is 0 Å². The van der Waals surface area contributed by atoms with Crippen LogP contribution in [0.3, 0.4) is 0 Å². The minimum atomic E-state index is -2.00. The Kier molecular flexibility index (Phi) is 11.4. The number of rotatable bonds is 8. The predicted molar refractivity (Wildman–Crippen MR) is 172 cm³/mol. The molecule has 3 unspecified atom stereocenters. The Morgan fingerprint density at radius 1 is 0.837 bits per heavy atom. The van der Waals surface area contributed by atoms with Crippen LogP contribution in [0.25, 0.3) is 11.1 Å². The summed E-state index contributed by atoms with van der Waals surface area (Å²) in [6, 6.07) is 24.1. The molecule has 0 aromatic heterocycles. The summed E-state index contributed by atoms with van der Waals surface area (Å²) in [5.74, 6) is -0.665. The van der Waals surface area contributed by atoms with Crippen molar-refractivity contribution >= 4 is 40.7 Å². The highest BCUT2D eigenvalue weighted by Crippen LogP contribution is 2.39. The van der Waals surface area contributed by atoms with Gasteiger partial charge in [-0.15, -0.1) is 0 Å². The van der Waals surface area contributed by atoms with Gasteiger partial charge < -0.3 is 24.8 Å². The fourth-order valence-corrected chi connectivity index (χ4v) is 6.03. The van der Waals surface area contributed by atoms with Crippen LogP contribution < -0.4 is 5.32 Å². The van der Waals surface area contributed by atoms with Crippen molar-refractivity contribution in [3.8, 4) is 11.1 Å². The number of benzene rings is 3. The zero-order valence-electron chi connectivity index (χ0n) is 24.2. The minimum absolute atomic E-state index is 0.0163. The fourth-order valence-electron chi connectivity index (χ4n) is 5.82. The summed E-state index contributed by atoms with van der Waals surface area (Å²) >= 11 is 17.1. The number of likely N-dealkylation sites (tertiary alicyclic amines) is 1. The Labute approximate surface area is 269 Å². The number of carbonyl (C=O) groups excluding carboxylic acids is 1. The summed E-state index contributed by atoms with van der Waals surface area (Å²) in [4.78, 5) is 14.6. The molecule has 43 heavy (non-hydrogen) atoms. The summed E-state index contributed by atoms with van der Waals surface area (Å²) in [5.41, 5.74) is 5.80. The number of nitrogens with zero attached hydrogens (tertiary/aromatic N) is 1. The number of halogens is 3. The van der Waals surface area contributed by atoms with E-state index in [1.165, 1.54) is 32.1 Å². The summed E-state index contributed by atoms with van der Waals surface area (Å²) in [6.07, 6.45) is 6.52. The van der Waals surface area contributed by atoms with E-state index in [-0.39, 0.29) is 25.4 Å². The molecule has 2 saturated heterocycles. The zero-order valence-corrected chi connectivity index (χ0v) is 26.5. The fraction of sp³-hybridized carbons (Fsp3) is 0.441. The normalized spacial score (nSPS) is 22.0. The number of amides is 1. The lowest BCUT2D eigenvalue weighted by molar-refractivity contribution is -0.253. The number of hydrogen-bond donors (Lipinski definition) is 2. The van der Waals surface area contributed by atoms with E-state index >= 15 is 0 Å². The Balaban J connectivity index is 1.35. The van der Waals surface area contributed by atoms with E-state index in [4.69, 9.17) is 44.3 Å². The van der Waals surface area contributed by atoms with Gasteiger partial charge in [0.05, 0.1) is 18.8 Å². The van der Waals surface area contributed by atoms with Gasteiger partial charge in [-0.25, -0.2) is 0 Å². The lowest BCUT2D eigenvalue weighted by atomic mass is 9.98. The molecule has 0 radical (unpaired) electrons. The summed E-state index contributed by atoms with van der Waals surface area (Å²) < 4.78 is 11.3. The second-order valence-electron chi connectivity index (χ2n) is 11.4. The van der Waals surface area contributed by atoms with Gasteiger partial charge in [-0.05, 0) is 65.9 Å². The van der Waals surface area contributed by atoms with Gasteiger partial charge in [-0.2, -0.15) is 0 Å². The van der Waals surface area contributed by atoms with E-state index in [1.807, 2.05) is 54.6 Å². The van der Waals surface area contributed by atoms with Crippen LogP contribution in [-0.4, -0.2) is 45.4 Å². The molecule has 3 aromatic carbocycles. The standard InChI is InChI=1S/C34H39Cl3N2O4/c35-34(36,37)33(41)38-21-25-8-6-9-27(18-25)28-10-7-11-29(19-28)32-42-30(22-39-16-4-2-1-3-5-17-39)20-31(43-32)26-14-12-24(23-40)13-15-26/h6-15,18-19,30-32,40H,1-5,16-17,20-23H2,(H,38,41). The molecule has 0 saturated carbocycles. The first kappa shape index (κ1) is 32.2. The average Bonchev–Trinajstić information content (AvgIpc) is 3.01. The first-order valence-electron chi connectivity index (χ1n) is 15.1. The third-order valence-corrected chi connectivity index (χ3v) is 8.67. The SMILES string of the molecule is O=C(NCc1cccc(-c2cccc(C3OC(CN4CCCCCCC4)CC(c4ccc(CO)cc4)O3)c2)c1)C(Cl)(Cl)Cl. The van der Waals surface area contributed by atoms with Crippen molar-refractivity contribution < 1.29 is 19.4 Å². The molecule has 6 nitrogen and oxygen atoms in total. The van der Waals surface area contributed by atoms with E-state index in [0.717, 1.165) is 59.4 Å². The van der Waals surface area contributed by atoms with Crippen molar-refractivity contribution in [1.82, 2.24) is 10.2 Å². The van der Waals surface area contributed by atoms with Gasteiger partial charge in [0.25, 0.3) is 9.70 Å². The van der Waals surface area contributed by atoms with E-state index in [2.05, 4.69) is 28.4 Å². The van der Waals surface area contributed by atoms with Gasteiger partial charge in [0.15, 0.2) is 6.29 Å². The molecule has 5 rings (SSSR count). The van der Waals surface area contributed by atoms with Crippen LogP contribution >= 0.6 is 34.8 Å². The maximum atomic E-state index is 12.0. The predicted octanol–water partition coefficient (Wildman–Crippen LogP) is 7.64. The van der Waals surface area contributed by atoms with Crippen molar-refractivity contribution in [2.75, 3.05) is 19.6 Å². The van der Waals surface area contributed by atoms with Gasteiger partial charge in [0, 0.05) is 25.1 Å². The van der Waals surface area contributed by atoms with Gasteiger partial charge in [0.2, 0.25) is 0 Å². The van der Waals surface area contributed by atoms with Crippen LogP contribution in [0.2, 0.25) is 0 Å². The molecule has 3 atom stereocenters. The van der Waals surface area contributed by atoms with Crippen molar-refractivity contribution in [2.24, 2.45) is 0 Å². The zero-order chi connectivity index (χ0) is 30.2. The van der Waals surface area contributed by atoms with E-state index < -0.39 is 16.0 Å². The van der Waals surface area contributed by atoms with Gasteiger partial charge in [0.1, 0.15) is 0 Å². The molecule has 230 valence electrons. The Bertz CT molecular complexity index is 1340. The number of ether oxygens (including phenoxy) is 2. The lowest BCUT2D eigenvalue weighted by Crippen LogP contribution is -2.40. The molecule has 2 aliphatic heterocycles. The van der Waals surface area contributed by atoms with Crippen LogP contribution in [0, 0.1) is 0 Å². The largest absolute Gasteiger partial charge is 0.392 e. The van der Waals surface area contributed by atoms with Gasteiger partial charge in [-0.3, -0.25) is 4.79 Å². The number of carbonyl (C=O) groups is 1. The molecule has 1 amide bonds. The highest BCUT2D eigenvalue weighted by Gasteiger charge is 2.33. The molecular formula is C34H39Cl3N2O4. The molecule has 2 fully saturated rings. The molecule has 3 aromatic rings. The molecule has 0 aliphatic carbocycles. The Morgan fingerprint density at radius 2 is 1.51 bits per heavy atom. The second kappa shape index (κ2) is 15.2. The minimum Gasteiger partial charge on any atom is -0.392 e. The summed E-state index contributed by atoms with van der Waals surface area (Å²) in [7, 11) is 0. The van der Waals surface area contributed by atoms with Crippen LogP contribution in [0.4, 0.5) is 0 Å². The first-order valence-corrected chi connectivity index (χ1v) is 16.2. The van der Waals surface area contributed by atoms with E-state index in [1.54, 1.807) is 0 Å². The van der Waals surface area contributed by atoms with E-state index in [9.17, 15) is 9.90 Å². The van der Waals surface area contributed by atoms with E-state index in [0.29, 0.717) is 0 Å². The van der Waals surface area contributed by atoms with Gasteiger partial charge in [-0.1, -0.05) is 115 Å². The monoisotopic (exact) mass is 644 g/mol. The van der Waals surface area contributed by atoms with Crippen LogP contribution in [0.5, 0.6) is 0 Å². The number of aliphatic hydroxyl groups excluding tert-OH is 1. The molecule has 2 N–H and O–H groups in total. The number of alkyl halides is 3. The quantitative estimate of drug-likeness (QED) is 0.247. The van der Waals surface area contributed by atoms with Gasteiger partial charge >= 0.3 is 0 Å². The smallest absolute Gasteiger partial charge is 0.272 e. The number of hydrogen-bond acceptors (Lipinski definition) is 5. The molecular weight excluding hydrogens is 607 g/mol.